The molecule has 10 nitrogen and oxygen atoms in total. The highest BCUT2D eigenvalue weighted by molar-refractivity contribution is 6.33. The molecular weight excluding hydrogens is 576 g/mol. The standard InChI is InChI=1S/C23H24Cl2N6O2.C2HF3O2/c24-17-4-8-19(9-5-17)29-23(33)28-18-6-2-16(3-7-18)15-31-22(32)21(25)20(14-27-31)30-12-1-10-26-11-13-30;3-2(4,5)1(6)7/h2-9,14,26H,1,10-13,15H2,(H2,28,29,33);(H,6,7). The molecule has 2 aromatic carbocycles. The topological polar surface area (TPSA) is 129 Å². The van der Waals surface area contributed by atoms with E-state index in [1.165, 1.54) is 4.68 Å². The van der Waals surface area contributed by atoms with Crippen molar-refractivity contribution in [2.24, 2.45) is 0 Å². The second-order valence-electron chi connectivity index (χ2n) is 8.48. The van der Waals surface area contributed by atoms with Crippen LogP contribution in [0.25, 0.3) is 0 Å². The zero-order valence-electron chi connectivity index (χ0n) is 20.8. The molecule has 3 aromatic rings. The highest BCUT2D eigenvalue weighted by Crippen LogP contribution is 2.22. The van der Waals surface area contributed by atoms with Gasteiger partial charge in [-0.1, -0.05) is 35.3 Å². The lowest BCUT2D eigenvalue weighted by Crippen LogP contribution is -2.32. The van der Waals surface area contributed by atoms with Crippen molar-refractivity contribution in [3.63, 3.8) is 0 Å². The van der Waals surface area contributed by atoms with Crippen molar-refractivity contribution in [2.75, 3.05) is 41.7 Å². The minimum atomic E-state index is -5.08. The highest BCUT2D eigenvalue weighted by Gasteiger charge is 2.38. The molecule has 0 spiro atoms. The van der Waals surface area contributed by atoms with E-state index in [0.717, 1.165) is 38.2 Å². The molecular formula is C25H25Cl2F3N6O4. The maximum atomic E-state index is 12.8. The maximum Gasteiger partial charge on any atom is 0.490 e. The number of rotatable bonds is 5. The number of hydrogen-bond donors (Lipinski definition) is 4. The number of carboxylic acid groups (broad SMARTS) is 1. The van der Waals surface area contributed by atoms with Crippen LogP contribution in [0.2, 0.25) is 10.0 Å². The zero-order valence-corrected chi connectivity index (χ0v) is 22.4. The Labute approximate surface area is 236 Å². The minimum Gasteiger partial charge on any atom is -0.475 e. The molecule has 0 atom stereocenters. The van der Waals surface area contributed by atoms with Gasteiger partial charge in [0.25, 0.3) is 5.56 Å². The monoisotopic (exact) mass is 600 g/mol. The molecule has 0 unspecified atom stereocenters. The number of carboxylic acids is 1. The van der Waals surface area contributed by atoms with Crippen LogP contribution in [0.4, 0.5) is 35.0 Å². The predicted octanol–water partition coefficient (Wildman–Crippen LogP) is 4.68. The molecule has 1 aliphatic heterocycles. The summed E-state index contributed by atoms with van der Waals surface area (Å²) in [6, 6.07) is 13.7. The van der Waals surface area contributed by atoms with Crippen molar-refractivity contribution in [3.05, 3.63) is 80.7 Å². The number of nitrogens with zero attached hydrogens (tertiary/aromatic N) is 3. The average Bonchev–Trinajstić information content (AvgIpc) is 3.19. The van der Waals surface area contributed by atoms with Crippen LogP contribution in [0.15, 0.2) is 59.5 Å². The summed E-state index contributed by atoms with van der Waals surface area (Å²) in [5, 5.41) is 21.1. The average molecular weight is 601 g/mol. The second kappa shape index (κ2) is 14.0. The smallest absolute Gasteiger partial charge is 0.475 e. The third-order valence-corrected chi connectivity index (χ3v) is 6.14. The summed E-state index contributed by atoms with van der Waals surface area (Å²) in [5.41, 5.74) is 2.46. The van der Waals surface area contributed by atoms with E-state index in [4.69, 9.17) is 33.1 Å². The molecule has 1 saturated heterocycles. The summed E-state index contributed by atoms with van der Waals surface area (Å²) in [7, 11) is 0. The third kappa shape index (κ3) is 9.14. The number of amides is 2. The molecule has 2 heterocycles. The van der Waals surface area contributed by atoms with Gasteiger partial charge in [-0.3, -0.25) is 4.79 Å². The van der Waals surface area contributed by atoms with E-state index in [1.54, 1.807) is 42.6 Å². The summed E-state index contributed by atoms with van der Waals surface area (Å²) in [6.07, 6.45) is -2.44. The number of benzene rings is 2. The zero-order chi connectivity index (χ0) is 29.3. The number of aromatic nitrogens is 2. The van der Waals surface area contributed by atoms with Gasteiger partial charge in [-0.05, 0) is 54.9 Å². The van der Waals surface area contributed by atoms with Crippen LogP contribution in [-0.2, 0) is 11.3 Å². The molecule has 15 heteroatoms. The Morgan fingerprint density at radius 1 is 0.975 bits per heavy atom. The van der Waals surface area contributed by atoms with E-state index in [1.807, 2.05) is 12.1 Å². The fourth-order valence-corrected chi connectivity index (χ4v) is 3.96. The lowest BCUT2D eigenvalue weighted by atomic mass is 10.2. The minimum absolute atomic E-state index is 0.184. The van der Waals surface area contributed by atoms with Crippen molar-refractivity contribution in [2.45, 2.75) is 19.1 Å². The first-order valence-electron chi connectivity index (χ1n) is 11.9. The first-order chi connectivity index (χ1) is 18.9. The fraction of sp³-hybridized carbons (Fsp3) is 0.280. The Hall–Kier alpha value is -3.81. The van der Waals surface area contributed by atoms with Crippen LogP contribution in [-0.4, -0.2) is 59.2 Å². The Morgan fingerprint density at radius 2 is 1.55 bits per heavy atom. The second-order valence-corrected chi connectivity index (χ2v) is 9.30. The van der Waals surface area contributed by atoms with Crippen molar-refractivity contribution in [1.82, 2.24) is 15.1 Å². The molecule has 1 fully saturated rings. The summed E-state index contributed by atoms with van der Waals surface area (Å²) < 4.78 is 33.1. The largest absolute Gasteiger partial charge is 0.490 e. The third-order valence-electron chi connectivity index (χ3n) is 5.54. The molecule has 0 radical (unpaired) electrons. The molecule has 1 aromatic heterocycles. The Kier molecular flexibility index (Phi) is 10.8. The number of carbonyl (C=O) groups is 2. The molecule has 2 amide bonds. The number of halogens is 5. The van der Waals surface area contributed by atoms with Gasteiger partial charge in [-0.15, -0.1) is 0 Å². The molecule has 0 saturated carbocycles. The van der Waals surface area contributed by atoms with Gasteiger partial charge in [0.05, 0.1) is 18.4 Å². The first kappa shape index (κ1) is 30.7. The molecule has 40 heavy (non-hydrogen) atoms. The van der Waals surface area contributed by atoms with Gasteiger partial charge in [0, 0.05) is 36.0 Å². The Morgan fingerprint density at radius 3 is 2.12 bits per heavy atom. The first-order valence-corrected chi connectivity index (χ1v) is 12.6. The molecule has 0 bridgehead atoms. The SMILES string of the molecule is O=C(Nc1ccc(Cl)cc1)Nc1ccc(Cn2ncc(N3CCCNCC3)c(Cl)c2=O)cc1.O=C(O)C(F)(F)F. The van der Waals surface area contributed by atoms with Gasteiger partial charge < -0.3 is 26.0 Å². The predicted molar refractivity (Wildman–Crippen MR) is 147 cm³/mol. The number of hydrogen-bond acceptors (Lipinski definition) is 6. The van der Waals surface area contributed by atoms with E-state index in [9.17, 15) is 22.8 Å². The molecule has 1 aliphatic rings. The molecule has 0 aliphatic carbocycles. The summed E-state index contributed by atoms with van der Waals surface area (Å²) in [6.45, 7) is 3.68. The molecule has 4 N–H and O–H groups in total. The van der Waals surface area contributed by atoms with Gasteiger partial charge in [0.2, 0.25) is 0 Å². The van der Waals surface area contributed by atoms with E-state index >= 15 is 0 Å². The Balaban J connectivity index is 0.000000559. The van der Waals surface area contributed by atoms with Crippen LogP contribution < -0.4 is 26.4 Å². The quantitative estimate of drug-likeness (QED) is 0.335. The number of aliphatic carboxylic acids is 1. The van der Waals surface area contributed by atoms with Crippen LogP contribution in [0.5, 0.6) is 0 Å². The van der Waals surface area contributed by atoms with Crippen LogP contribution in [0.1, 0.15) is 12.0 Å². The number of alkyl halides is 3. The van der Waals surface area contributed by atoms with E-state index in [-0.39, 0.29) is 23.2 Å². The Bertz CT molecular complexity index is 1360. The fourth-order valence-electron chi connectivity index (χ4n) is 3.57. The van der Waals surface area contributed by atoms with Gasteiger partial charge >= 0.3 is 18.2 Å². The van der Waals surface area contributed by atoms with Crippen molar-refractivity contribution >= 4 is 52.3 Å². The van der Waals surface area contributed by atoms with Crippen molar-refractivity contribution in [3.8, 4) is 0 Å². The van der Waals surface area contributed by atoms with E-state index < -0.39 is 12.1 Å². The summed E-state index contributed by atoms with van der Waals surface area (Å²) >= 11 is 12.3. The van der Waals surface area contributed by atoms with Crippen LogP contribution in [0.3, 0.4) is 0 Å². The van der Waals surface area contributed by atoms with Gasteiger partial charge in [-0.2, -0.15) is 18.3 Å². The molecule has 214 valence electrons. The normalized spacial score (nSPS) is 13.5. The van der Waals surface area contributed by atoms with E-state index in [2.05, 4.69) is 25.9 Å². The van der Waals surface area contributed by atoms with Gasteiger partial charge in [-0.25, -0.2) is 14.3 Å². The maximum absolute atomic E-state index is 12.8. The van der Waals surface area contributed by atoms with Crippen molar-refractivity contribution < 1.29 is 27.9 Å². The highest BCUT2D eigenvalue weighted by atomic mass is 35.5. The van der Waals surface area contributed by atoms with E-state index in [0.29, 0.717) is 22.1 Å². The molecule has 4 rings (SSSR count). The van der Waals surface area contributed by atoms with Crippen LogP contribution >= 0.6 is 23.2 Å². The van der Waals surface area contributed by atoms with Crippen LogP contribution in [0, 0.1) is 0 Å². The lowest BCUT2D eigenvalue weighted by molar-refractivity contribution is -0.192. The number of carbonyl (C=O) groups excluding carboxylic acids is 1. The lowest BCUT2D eigenvalue weighted by Gasteiger charge is -2.23. The summed E-state index contributed by atoms with van der Waals surface area (Å²) in [5.74, 6) is -2.76. The number of urea groups is 1. The van der Waals surface area contributed by atoms with Gasteiger partial charge in [0.15, 0.2) is 0 Å². The summed E-state index contributed by atoms with van der Waals surface area (Å²) in [4.78, 5) is 35.9. The van der Waals surface area contributed by atoms with Crippen molar-refractivity contribution in [1.29, 1.82) is 0 Å². The number of nitrogens with one attached hydrogen (secondary N) is 3. The van der Waals surface area contributed by atoms with Gasteiger partial charge in [0.1, 0.15) is 5.02 Å². The number of anilines is 3.